The lowest BCUT2D eigenvalue weighted by Gasteiger charge is -2.28. The monoisotopic (exact) mass is 362 g/mol. The Morgan fingerprint density at radius 3 is 2.56 bits per heavy atom. The lowest BCUT2D eigenvalue weighted by molar-refractivity contribution is 0.0687. The largest absolute Gasteiger partial charge is 0.476 e. The summed E-state index contributed by atoms with van der Waals surface area (Å²) in [5.74, 6) is -1.10. The van der Waals surface area contributed by atoms with E-state index in [9.17, 15) is 14.7 Å². The van der Waals surface area contributed by atoms with Crippen molar-refractivity contribution in [1.82, 2.24) is 20.0 Å². The fourth-order valence-electron chi connectivity index (χ4n) is 2.90. The van der Waals surface area contributed by atoms with Crippen molar-refractivity contribution >= 4 is 23.6 Å². The fourth-order valence-corrected chi connectivity index (χ4v) is 3.02. The highest BCUT2D eigenvalue weighted by Gasteiger charge is 2.30. The number of nitrogens with zero attached hydrogens (tertiary/aromatic N) is 3. The summed E-state index contributed by atoms with van der Waals surface area (Å²) in [7, 11) is 0. The van der Waals surface area contributed by atoms with E-state index in [2.05, 4.69) is 10.4 Å². The smallest absolute Gasteiger partial charge is 0.356 e. The van der Waals surface area contributed by atoms with Crippen LogP contribution in [-0.4, -0.2) is 44.4 Å². The number of fused-ring (bicyclic) bond motifs is 1. The van der Waals surface area contributed by atoms with Crippen LogP contribution in [-0.2, 0) is 13.0 Å². The lowest BCUT2D eigenvalue weighted by Crippen LogP contribution is -2.45. The average Bonchev–Trinajstić information content (AvgIpc) is 2.94. The second kappa shape index (κ2) is 6.76. The number of hydrogen-bond acceptors (Lipinski definition) is 3. The predicted molar refractivity (Wildman–Crippen MR) is 93.3 cm³/mol. The Balaban J connectivity index is 1.97. The average molecular weight is 363 g/mol. The molecule has 0 saturated carbocycles. The molecule has 1 aromatic carbocycles. The molecule has 0 atom stereocenters. The van der Waals surface area contributed by atoms with Gasteiger partial charge in [-0.05, 0) is 38.1 Å². The first kappa shape index (κ1) is 17.3. The Kier molecular flexibility index (Phi) is 4.67. The second-order valence-corrected chi connectivity index (χ2v) is 6.68. The Morgan fingerprint density at radius 2 is 1.96 bits per heavy atom. The standard InChI is InChI=1S/C17H19ClN4O3/c1-10(2)19-17(25)21-8-7-14-13(9-21)15(16(23)24)20-22(14)12-5-3-11(18)4-6-12/h3-6,10H,7-9H2,1-2H3,(H,19,25)(H,23,24). The lowest BCUT2D eigenvalue weighted by atomic mass is 10.1. The number of benzene rings is 1. The van der Waals surface area contributed by atoms with Crippen molar-refractivity contribution in [1.29, 1.82) is 0 Å². The molecule has 7 nitrogen and oxygen atoms in total. The van der Waals surface area contributed by atoms with Gasteiger partial charge in [-0.3, -0.25) is 0 Å². The minimum atomic E-state index is -1.10. The third-order valence-electron chi connectivity index (χ3n) is 4.03. The van der Waals surface area contributed by atoms with Crippen molar-refractivity contribution in [2.75, 3.05) is 6.54 Å². The molecule has 1 aromatic heterocycles. The first-order valence-corrected chi connectivity index (χ1v) is 8.40. The summed E-state index contributed by atoms with van der Waals surface area (Å²) in [5, 5.41) is 17.2. The van der Waals surface area contributed by atoms with Gasteiger partial charge in [0.05, 0.1) is 17.9 Å². The summed E-state index contributed by atoms with van der Waals surface area (Å²) >= 11 is 5.92. The van der Waals surface area contributed by atoms with Crippen molar-refractivity contribution in [3.63, 3.8) is 0 Å². The zero-order chi connectivity index (χ0) is 18.1. The molecular weight excluding hydrogens is 344 g/mol. The number of halogens is 1. The van der Waals surface area contributed by atoms with E-state index in [1.165, 1.54) is 0 Å². The van der Waals surface area contributed by atoms with E-state index in [-0.39, 0.29) is 24.3 Å². The second-order valence-electron chi connectivity index (χ2n) is 6.24. The van der Waals surface area contributed by atoms with Gasteiger partial charge < -0.3 is 15.3 Å². The van der Waals surface area contributed by atoms with Gasteiger partial charge in [0.2, 0.25) is 0 Å². The molecule has 2 amide bonds. The summed E-state index contributed by atoms with van der Waals surface area (Å²) in [6.07, 6.45) is 0.532. The molecule has 1 aliphatic rings. The maximum Gasteiger partial charge on any atom is 0.356 e. The number of aromatic nitrogens is 2. The minimum absolute atomic E-state index is 0.0182. The van der Waals surface area contributed by atoms with Crippen molar-refractivity contribution < 1.29 is 14.7 Å². The van der Waals surface area contributed by atoms with Gasteiger partial charge in [0, 0.05) is 29.6 Å². The Bertz CT molecular complexity index is 814. The van der Waals surface area contributed by atoms with Gasteiger partial charge >= 0.3 is 12.0 Å². The molecule has 2 aromatic rings. The van der Waals surface area contributed by atoms with Gasteiger partial charge in [0.1, 0.15) is 0 Å². The molecule has 2 heterocycles. The van der Waals surface area contributed by atoms with Crippen LogP contribution in [0.1, 0.15) is 35.6 Å². The highest BCUT2D eigenvalue weighted by Crippen LogP contribution is 2.26. The Hall–Kier alpha value is -2.54. The molecule has 0 spiro atoms. The van der Waals surface area contributed by atoms with Gasteiger partial charge in [-0.1, -0.05) is 11.6 Å². The number of urea groups is 1. The highest BCUT2D eigenvalue weighted by molar-refractivity contribution is 6.30. The first-order chi connectivity index (χ1) is 11.9. The number of carbonyl (C=O) groups excluding carboxylic acids is 1. The number of rotatable bonds is 3. The quantitative estimate of drug-likeness (QED) is 0.878. The molecule has 2 N–H and O–H groups in total. The number of nitrogens with one attached hydrogen (secondary N) is 1. The highest BCUT2D eigenvalue weighted by atomic mass is 35.5. The van der Waals surface area contributed by atoms with Crippen LogP contribution in [0.3, 0.4) is 0 Å². The molecule has 0 saturated heterocycles. The van der Waals surface area contributed by atoms with Gasteiger partial charge in [-0.15, -0.1) is 0 Å². The zero-order valence-electron chi connectivity index (χ0n) is 14.0. The molecule has 25 heavy (non-hydrogen) atoms. The molecule has 3 rings (SSSR count). The van der Waals surface area contributed by atoms with Gasteiger partial charge in [0.25, 0.3) is 0 Å². The minimum Gasteiger partial charge on any atom is -0.476 e. The predicted octanol–water partition coefficient (Wildman–Crippen LogP) is 2.70. The van der Waals surface area contributed by atoms with Crippen LogP contribution in [0.4, 0.5) is 4.79 Å². The van der Waals surface area contributed by atoms with Crippen LogP contribution in [0.5, 0.6) is 0 Å². The number of aromatic carboxylic acids is 1. The topological polar surface area (TPSA) is 87.5 Å². The third-order valence-corrected chi connectivity index (χ3v) is 4.28. The molecule has 0 radical (unpaired) electrons. The Labute approximate surface area is 150 Å². The van der Waals surface area contributed by atoms with Crippen LogP contribution in [0, 0.1) is 0 Å². The van der Waals surface area contributed by atoms with Crippen molar-refractivity contribution in [3.05, 3.63) is 46.2 Å². The summed E-state index contributed by atoms with van der Waals surface area (Å²) in [4.78, 5) is 25.5. The summed E-state index contributed by atoms with van der Waals surface area (Å²) < 4.78 is 1.63. The van der Waals surface area contributed by atoms with E-state index < -0.39 is 5.97 Å². The maximum absolute atomic E-state index is 12.2. The summed E-state index contributed by atoms with van der Waals surface area (Å²) in [5.41, 5.74) is 2.11. The molecule has 1 aliphatic heterocycles. The summed E-state index contributed by atoms with van der Waals surface area (Å²) in [6, 6.07) is 6.87. The van der Waals surface area contributed by atoms with Crippen LogP contribution in [0.25, 0.3) is 5.69 Å². The third kappa shape index (κ3) is 3.46. The van der Waals surface area contributed by atoms with Crippen molar-refractivity contribution in [3.8, 4) is 5.69 Å². The first-order valence-electron chi connectivity index (χ1n) is 8.02. The molecule has 8 heteroatoms. The number of carboxylic acids is 1. The van der Waals surface area contributed by atoms with E-state index in [4.69, 9.17) is 11.6 Å². The number of hydrogen-bond donors (Lipinski definition) is 2. The van der Waals surface area contributed by atoms with E-state index in [0.717, 1.165) is 11.4 Å². The van der Waals surface area contributed by atoms with Crippen molar-refractivity contribution in [2.45, 2.75) is 32.9 Å². The van der Waals surface area contributed by atoms with Gasteiger partial charge in [0.15, 0.2) is 5.69 Å². The molecule has 0 fully saturated rings. The number of carbonyl (C=O) groups is 2. The normalized spacial score (nSPS) is 13.7. The van der Waals surface area contributed by atoms with E-state index in [1.54, 1.807) is 33.8 Å². The maximum atomic E-state index is 12.2. The number of amides is 2. The molecule has 0 aliphatic carbocycles. The molecular formula is C17H19ClN4O3. The summed E-state index contributed by atoms with van der Waals surface area (Å²) in [6.45, 7) is 4.50. The SMILES string of the molecule is CC(C)NC(=O)N1CCc2c(c(C(=O)O)nn2-c2ccc(Cl)cc2)C1. The van der Waals surface area contributed by atoms with E-state index in [1.807, 2.05) is 13.8 Å². The molecule has 0 bridgehead atoms. The number of carboxylic acid groups (broad SMARTS) is 1. The van der Waals surface area contributed by atoms with Gasteiger partial charge in [-0.25, -0.2) is 14.3 Å². The van der Waals surface area contributed by atoms with Crippen LogP contribution in [0.15, 0.2) is 24.3 Å². The van der Waals surface area contributed by atoms with E-state index >= 15 is 0 Å². The van der Waals surface area contributed by atoms with Gasteiger partial charge in [-0.2, -0.15) is 5.10 Å². The van der Waals surface area contributed by atoms with Crippen LogP contribution >= 0.6 is 11.6 Å². The van der Waals surface area contributed by atoms with Crippen molar-refractivity contribution in [2.24, 2.45) is 0 Å². The zero-order valence-corrected chi connectivity index (χ0v) is 14.7. The van der Waals surface area contributed by atoms with E-state index in [0.29, 0.717) is 23.6 Å². The fraction of sp³-hybridized carbons (Fsp3) is 0.353. The molecule has 132 valence electrons. The van der Waals surface area contributed by atoms with Crippen LogP contribution < -0.4 is 5.32 Å². The van der Waals surface area contributed by atoms with Crippen LogP contribution in [0.2, 0.25) is 5.02 Å². The molecule has 0 unspecified atom stereocenters. The Morgan fingerprint density at radius 1 is 1.28 bits per heavy atom.